The van der Waals surface area contributed by atoms with Crippen molar-refractivity contribution >= 4 is 17.7 Å². The molecule has 1 atom stereocenters. The largest absolute Gasteiger partial charge is 0.490 e. The minimum atomic E-state index is -0.488. The molecular formula is C17H15NO3S. The fraction of sp³-hybridized carbons (Fsp3) is 0.176. The summed E-state index contributed by atoms with van der Waals surface area (Å²) in [5.41, 5.74) is 0.481. The van der Waals surface area contributed by atoms with Gasteiger partial charge in [-0.15, -0.1) is 0 Å². The summed E-state index contributed by atoms with van der Waals surface area (Å²) in [5, 5.41) is 10.7. The minimum absolute atomic E-state index is 0.206. The van der Waals surface area contributed by atoms with Crippen molar-refractivity contribution in [2.45, 2.75) is 6.10 Å². The van der Waals surface area contributed by atoms with Crippen LogP contribution in [0.15, 0.2) is 60.7 Å². The van der Waals surface area contributed by atoms with Crippen LogP contribution in [0.4, 0.5) is 0 Å². The summed E-state index contributed by atoms with van der Waals surface area (Å²) in [6.45, 7) is 0.206. The van der Waals surface area contributed by atoms with Gasteiger partial charge in [0, 0.05) is 5.75 Å². The van der Waals surface area contributed by atoms with Gasteiger partial charge in [0.1, 0.15) is 23.9 Å². The third kappa shape index (κ3) is 5.15. The highest BCUT2D eigenvalue weighted by molar-refractivity contribution is 8.03. The molecule has 2 rings (SSSR count). The predicted octanol–water partition coefficient (Wildman–Crippen LogP) is 3.51. The molecule has 0 aliphatic rings. The number of para-hydroxylation sites is 1. The van der Waals surface area contributed by atoms with E-state index in [2.05, 4.69) is 0 Å². The van der Waals surface area contributed by atoms with Crippen LogP contribution in [-0.2, 0) is 4.74 Å². The maximum atomic E-state index is 12.1. The Morgan fingerprint density at radius 1 is 1.09 bits per heavy atom. The van der Waals surface area contributed by atoms with Crippen LogP contribution in [0.2, 0.25) is 0 Å². The Bertz CT molecular complexity index is 625. The Morgan fingerprint density at radius 3 is 2.36 bits per heavy atom. The summed E-state index contributed by atoms with van der Waals surface area (Å²) in [6, 6.07) is 18.0. The van der Waals surface area contributed by atoms with Gasteiger partial charge < -0.3 is 9.47 Å². The summed E-state index contributed by atoms with van der Waals surface area (Å²) in [7, 11) is 0. The van der Waals surface area contributed by atoms with Crippen molar-refractivity contribution in [3.05, 3.63) is 66.2 Å². The number of hydrogen-bond donors (Lipinski definition) is 0. The van der Waals surface area contributed by atoms with Crippen LogP contribution < -0.4 is 4.74 Å². The van der Waals surface area contributed by atoms with E-state index in [1.807, 2.05) is 41.8 Å². The molecule has 1 unspecified atom stereocenters. The lowest BCUT2D eigenvalue weighted by molar-refractivity contribution is 0.0241. The van der Waals surface area contributed by atoms with E-state index < -0.39 is 12.1 Å². The molecule has 0 aliphatic carbocycles. The molecule has 112 valence electrons. The Balaban J connectivity index is 1.94. The molecule has 2 aromatic rings. The number of thioether (sulfide) groups is 1. The van der Waals surface area contributed by atoms with E-state index in [1.165, 1.54) is 0 Å². The second-order valence-electron chi connectivity index (χ2n) is 4.42. The molecule has 0 heterocycles. The van der Waals surface area contributed by atoms with Crippen molar-refractivity contribution in [2.75, 3.05) is 12.4 Å². The number of benzene rings is 2. The molecule has 22 heavy (non-hydrogen) atoms. The lowest BCUT2D eigenvalue weighted by atomic mass is 10.2. The molecule has 0 saturated heterocycles. The number of rotatable bonds is 7. The molecule has 0 saturated carbocycles. The highest BCUT2D eigenvalue weighted by Crippen LogP contribution is 2.13. The van der Waals surface area contributed by atoms with Crippen LogP contribution in [0, 0.1) is 10.7 Å². The van der Waals surface area contributed by atoms with Gasteiger partial charge in [-0.05, 0) is 36.0 Å². The Kier molecular flexibility index (Phi) is 6.34. The smallest absolute Gasteiger partial charge is 0.338 e. The lowest BCUT2D eigenvalue weighted by Crippen LogP contribution is -2.27. The Labute approximate surface area is 133 Å². The van der Waals surface area contributed by atoms with Crippen LogP contribution in [-0.4, -0.2) is 24.4 Å². The molecule has 0 N–H and O–H groups in total. The van der Waals surface area contributed by atoms with E-state index in [-0.39, 0.29) is 6.61 Å². The number of thiocyanates is 1. The maximum absolute atomic E-state index is 12.1. The molecule has 2 aromatic carbocycles. The van der Waals surface area contributed by atoms with Crippen molar-refractivity contribution in [1.29, 1.82) is 5.26 Å². The Hall–Kier alpha value is -2.45. The van der Waals surface area contributed by atoms with Crippen LogP contribution in [0.1, 0.15) is 10.4 Å². The number of hydrogen-bond acceptors (Lipinski definition) is 5. The number of carbonyl (C=O) groups is 1. The molecule has 0 radical (unpaired) electrons. The van der Waals surface area contributed by atoms with Crippen LogP contribution in [0.25, 0.3) is 0 Å². The van der Waals surface area contributed by atoms with E-state index in [0.29, 0.717) is 17.1 Å². The molecule has 5 heteroatoms. The number of nitriles is 1. The van der Waals surface area contributed by atoms with Crippen LogP contribution in [0.5, 0.6) is 5.75 Å². The van der Waals surface area contributed by atoms with E-state index in [0.717, 1.165) is 11.8 Å². The SMILES string of the molecule is N#CSCC(COc1ccccc1)OC(=O)c1ccccc1. The zero-order valence-corrected chi connectivity index (χ0v) is 12.7. The summed E-state index contributed by atoms with van der Waals surface area (Å²) in [4.78, 5) is 12.1. The number of carbonyl (C=O) groups excluding carboxylic acids is 1. The van der Waals surface area contributed by atoms with Gasteiger partial charge in [-0.1, -0.05) is 36.4 Å². The van der Waals surface area contributed by atoms with E-state index in [9.17, 15) is 4.79 Å². The predicted molar refractivity (Wildman–Crippen MR) is 85.7 cm³/mol. The minimum Gasteiger partial charge on any atom is -0.490 e. The third-order valence-corrected chi connectivity index (χ3v) is 3.46. The first kappa shape index (κ1) is 15.9. The zero-order valence-electron chi connectivity index (χ0n) is 11.8. The van der Waals surface area contributed by atoms with Gasteiger partial charge in [0.2, 0.25) is 0 Å². The maximum Gasteiger partial charge on any atom is 0.338 e. The van der Waals surface area contributed by atoms with Crippen molar-refractivity contribution in [3.63, 3.8) is 0 Å². The second kappa shape index (κ2) is 8.75. The first-order valence-corrected chi connectivity index (χ1v) is 7.73. The van der Waals surface area contributed by atoms with E-state index in [1.54, 1.807) is 24.3 Å². The second-order valence-corrected chi connectivity index (χ2v) is 5.22. The van der Waals surface area contributed by atoms with Crippen molar-refractivity contribution in [1.82, 2.24) is 0 Å². The topological polar surface area (TPSA) is 59.3 Å². The monoisotopic (exact) mass is 313 g/mol. The first-order chi connectivity index (χ1) is 10.8. The van der Waals surface area contributed by atoms with Gasteiger partial charge in [-0.2, -0.15) is 5.26 Å². The van der Waals surface area contributed by atoms with Gasteiger partial charge >= 0.3 is 5.97 Å². The summed E-state index contributed by atoms with van der Waals surface area (Å²) in [5.74, 6) is 0.646. The highest BCUT2D eigenvalue weighted by atomic mass is 32.2. The lowest BCUT2D eigenvalue weighted by Gasteiger charge is -2.17. The molecule has 0 aromatic heterocycles. The van der Waals surface area contributed by atoms with Crippen molar-refractivity contribution < 1.29 is 14.3 Å². The van der Waals surface area contributed by atoms with Gasteiger partial charge in [-0.3, -0.25) is 0 Å². The normalized spacial score (nSPS) is 11.2. The summed E-state index contributed by atoms with van der Waals surface area (Å²) in [6.07, 6.45) is -0.488. The van der Waals surface area contributed by atoms with Gasteiger partial charge in [0.05, 0.1) is 5.56 Å². The number of ether oxygens (including phenoxy) is 2. The molecule has 4 nitrogen and oxygen atoms in total. The fourth-order valence-electron chi connectivity index (χ4n) is 1.75. The van der Waals surface area contributed by atoms with Crippen molar-refractivity contribution in [2.24, 2.45) is 0 Å². The van der Waals surface area contributed by atoms with Gasteiger partial charge in [0.15, 0.2) is 0 Å². The highest BCUT2D eigenvalue weighted by Gasteiger charge is 2.17. The fourth-order valence-corrected chi connectivity index (χ4v) is 2.17. The molecular weight excluding hydrogens is 298 g/mol. The molecule has 0 amide bonds. The van der Waals surface area contributed by atoms with Gasteiger partial charge in [0.25, 0.3) is 0 Å². The summed E-state index contributed by atoms with van der Waals surface area (Å²) >= 11 is 1.04. The zero-order chi connectivity index (χ0) is 15.6. The third-order valence-electron chi connectivity index (χ3n) is 2.80. The average molecular weight is 313 g/mol. The van der Waals surface area contributed by atoms with E-state index >= 15 is 0 Å². The van der Waals surface area contributed by atoms with Crippen LogP contribution in [0.3, 0.4) is 0 Å². The molecule has 0 aliphatic heterocycles. The quantitative estimate of drug-likeness (QED) is 0.578. The number of nitrogens with zero attached hydrogens (tertiary/aromatic N) is 1. The average Bonchev–Trinajstić information content (AvgIpc) is 2.59. The molecule has 0 fully saturated rings. The standard InChI is InChI=1S/C17H15NO3S/c18-13-22-12-16(11-20-15-9-5-2-6-10-15)21-17(19)14-7-3-1-4-8-14/h1-10,16H,11-12H2. The first-order valence-electron chi connectivity index (χ1n) is 6.74. The van der Waals surface area contributed by atoms with Gasteiger partial charge in [-0.25, -0.2) is 4.79 Å². The Morgan fingerprint density at radius 2 is 1.73 bits per heavy atom. The van der Waals surface area contributed by atoms with Crippen LogP contribution >= 0.6 is 11.8 Å². The van der Waals surface area contributed by atoms with E-state index in [4.69, 9.17) is 14.7 Å². The summed E-state index contributed by atoms with van der Waals surface area (Å²) < 4.78 is 11.0. The molecule has 0 bridgehead atoms. The van der Waals surface area contributed by atoms with Crippen molar-refractivity contribution in [3.8, 4) is 11.2 Å². The number of esters is 1. The molecule has 0 spiro atoms.